The molecular weight excluding hydrogens is 350 g/mol. The first-order valence-electron chi connectivity index (χ1n) is 6.59. The molecule has 0 bridgehead atoms. The lowest BCUT2D eigenvalue weighted by molar-refractivity contribution is 0.798. The summed E-state index contributed by atoms with van der Waals surface area (Å²) in [5.74, 6) is 0.854. The Bertz CT molecular complexity index is 780. The Kier molecular flexibility index (Phi) is 3.16. The molecule has 7 heteroatoms. The van der Waals surface area contributed by atoms with E-state index in [2.05, 4.69) is 43.8 Å². The monoisotopic (exact) mass is 361 g/mol. The van der Waals surface area contributed by atoms with E-state index < -0.39 is 0 Å². The minimum absolute atomic E-state index is 0.854. The maximum atomic E-state index is 4.77. The number of thiophene rings is 1. The molecule has 1 aliphatic rings. The molecule has 106 valence electrons. The zero-order valence-electron chi connectivity index (χ0n) is 11.0. The summed E-state index contributed by atoms with van der Waals surface area (Å²) >= 11 is 5.21. The Morgan fingerprint density at radius 2 is 2.00 bits per heavy atom. The van der Waals surface area contributed by atoms with Crippen molar-refractivity contribution in [1.82, 2.24) is 14.6 Å². The van der Waals surface area contributed by atoms with Crippen LogP contribution in [0.2, 0.25) is 0 Å². The summed E-state index contributed by atoms with van der Waals surface area (Å²) in [4.78, 5) is 10.0. The standard InChI is InChI=1S/C14H12BrN5S/c15-11-2-1-10(21-11)12-13(9-3-5-16-6-4-9)20-14(19-12)17-7-8-18-20/h1-6,18H,7-8H2,(H,17,19). The molecule has 0 saturated heterocycles. The third-order valence-corrected chi connectivity index (χ3v) is 4.95. The molecule has 0 spiro atoms. The van der Waals surface area contributed by atoms with Crippen LogP contribution in [0.5, 0.6) is 0 Å². The van der Waals surface area contributed by atoms with E-state index in [1.807, 2.05) is 16.8 Å². The second-order valence-electron chi connectivity index (χ2n) is 4.64. The van der Waals surface area contributed by atoms with E-state index in [0.717, 1.165) is 44.7 Å². The van der Waals surface area contributed by atoms with Crippen LogP contribution in [0.25, 0.3) is 21.8 Å². The Morgan fingerprint density at radius 1 is 1.14 bits per heavy atom. The van der Waals surface area contributed by atoms with Crippen LogP contribution in [0.3, 0.4) is 0 Å². The Labute approximate surface area is 134 Å². The molecule has 0 aromatic carbocycles. The molecule has 0 unspecified atom stereocenters. The molecule has 5 nitrogen and oxygen atoms in total. The van der Waals surface area contributed by atoms with E-state index in [4.69, 9.17) is 4.98 Å². The Hall–Kier alpha value is -1.86. The van der Waals surface area contributed by atoms with Crippen LogP contribution >= 0.6 is 27.3 Å². The number of aromatic nitrogens is 3. The van der Waals surface area contributed by atoms with Gasteiger partial charge >= 0.3 is 0 Å². The molecule has 3 aromatic rings. The highest BCUT2D eigenvalue weighted by Crippen LogP contribution is 2.38. The predicted molar refractivity (Wildman–Crippen MR) is 89.2 cm³/mol. The molecule has 0 aliphatic carbocycles. The number of nitrogens with zero attached hydrogens (tertiary/aromatic N) is 3. The topological polar surface area (TPSA) is 54.8 Å². The van der Waals surface area contributed by atoms with E-state index >= 15 is 0 Å². The lowest BCUT2D eigenvalue weighted by Crippen LogP contribution is -2.30. The molecule has 0 fully saturated rings. The van der Waals surface area contributed by atoms with Gasteiger partial charge in [0.1, 0.15) is 11.4 Å². The van der Waals surface area contributed by atoms with Gasteiger partial charge in [0.2, 0.25) is 5.95 Å². The SMILES string of the molecule is Brc1ccc(-c2nc3n(c2-c2ccncc2)NCCN3)s1. The average Bonchev–Trinajstić information content (AvgIpc) is 3.11. The number of imidazole rings is 1. The number of hydrogen-bond donors (Lipinski definition) is 2. The summed E-state index contributed by atoms with van der Waals surface area (Å²) in [7, 11) is 0. The second-order valence-corrected chi connectivity index (χ2v) is 7.11. The van der Waals surface area contributed by atoms with Gasteiger partial charge in [0.15, 0.2) is 0 Å². The van der Waals surface area contributed by atoms with E-state index in [1.54, 1.807) is 23.7 Å². The highest BCUT2D eigenvalue weighted by molar-refractivity contribution is 9.11. The molecule has 4 rings (SSSR count). The number of pyridine rings is 1. The van der Waals surface area contributed by atoms with Gasteiger partial charge in [-0.15, -0.1) is 11.3 Å². The summed E-state index contributed by atoms with van der Waals surface area (Å²) in [5.41, 5.74) is 6.53. The number of rotatable bonds is 2. The molecular formula is C14H12BrN5S. The van der Waals surface area contributed by atoms with Gasteiger partial charge in [-0.2, -0.15) is 0 Å². The summed E-state index contributed by atoms with van der Waals surface area (Å²) in [6.45, 7) is 1.75. The van der Waals surface area contributed by atoms with Crippen LogP contribution in [0.4, 0.5) is 5.95 Å². The molecule has 0 amide bonds. The smallest absolute Gasteiger partial charge is 0.223 e. The normalized spacial score (nSPS) is 13.4. The van der Waals surface area contributed by atoms with Gasteiger partial charge in [-0.1, -0.05) is 0 Å². The molecule has 0 saturated carbocycles. The van der Waals surface area contributed by atoms with E-state index in [1.165, 1.54) is 0 Å². The van der Waals surface area contributed by atoms with Gasteiger partial charge in [0.25, 0.3) is 0 Å². The average molecular weight is 362 g/mol. The van der Waals surface area contributed by atoms with Gasteiger partial charge in [0, 0.05) is 31.0 Å². The predicted octanol–water partition coefficient (Wildman–Crippen LogP) is 3.41. The van der Waals surface area contributed by atoms with Crippen molar-refractivity contribution in [2.24, 2.45) is 0 Å². The number of hydrogen-bond acceptors (Lipinski definition) is 5. The third-order valence-electron chi connectivity index (χ3n) is 3.32. The lowest BCUT2D eigenvalue weighted by atomic mass is 10.1. The van der Waals surface area contributed by atoms with Gasteiger partial charge in [-0.05, 0) is 40.2 Å². The highest BCUT2D eigenvalue weighted by Gasteiger charge is 2.22. The molecule has 3 aromatic heterocycles. The number of nitrogens with one attached hydrogen (secondary N) is 2. The van der Waals surface area contributed by atoms with Gasteiger partial charge in [-0.3, -0.25) is 4.98 Å². The number of anilines is 1. The van der Waals surface area contributed by atoms with Crippen molar-refractivity contribution in [2.75, 3.05) is 23.8 Å². The first-order valence-corrected chi connectivity index (χ1v) is 8.20. The lowest BCUT2D eigenvalue weighted by Gasteiger charge is -2.20. The van der Waals surface area contributed by atoms with Crippen LogP contribution in [0.1, 0.15) is 0 Å². The van der Waals surface area contributed by atoms with E-state index in [0.29, 0.717) is 0 Å². The van der Waals surface area contributed by atoms with Crippen LogP contribution < -0.4 is 10.7 Å². The van der Waals surface area contributed by atoms with E-state index in [-0.39, 0.29) is 0 Å². The minimum atomic E-state index is 0.854. The summed E-state index contributed by atoms with van der Waals surface area (Å²) in [6.07, 6.45) is 3.61. The van der Waals surface area contributed by atoms with Crippen molar-refractivity contribution < 1.29 is 0 Å². The molecule has 4 heterocycles. The molecule has 1 aliphatic heterocycles. The van der Waals surface area contributed by atoms with Crippen molar-refractivity contribution in [3.8, 4) is 21.8 Å². The molecule has 2 N–H and O–H groups in total. The zero-order valence-corrected chi connectivity index (χ0v) is 13.4. The first-order chi connectivity index (χ1) is 10.3. The van der Waals surface area contributed by atoms with Crippen LogP contribution in [0, 0.1) is 0 Å². The first kappa shape index (κ1) is 12.8. The maximum absolute atomic E-state index is 4.77. The molecule has 0 radical (unpaired) electrons. The summed E-state index contributed by atoms with van der Waals surface area (Å²) in [6, 6.07) is 8.16. The van der Waals surface area contributed by atoms with Crippen LogP contribution in [0.15, 0.2) is 40.4 Å². The second kappa shape index (κ2) is 5.16. The summed E-state index contributed by atoms with van der Waals surface area (Å²) in [5, 5.41) is 3.34. The van der Waals surface area contributed by atoms with Crippen LogP contribution in [-0.2, 0) is 0 Å². The van der Waals surface area contributed by atoms with Crippen LogP contribution in [-0.4, -0.2) is 27.7 Å². The fourth-order valence-corrected chi connectivity index (χ4v) is 3.80. The molecule has 21 heavy (non-hydrogen) atoms. The zero-order chi connectivity index (χ0) is 14.2. The highest BCUT2D eigenvalue weighted by atomic mass is 79.9. The number of halogens is 1. The van der Waals surface area contributed by atoms with Crippen molar-refractivity contribution >= 4 is 33.2 Å². The van der Waals surface area contributed by atoms with Gasteiger partial charge in [-0.25, -0.2) is 9.66 Å². The fraction of sp³-hybridized carbons (Fsp3) is 0.143. The van der Waals surface area contributed by atoms with E-state index in [9.17, 15) is 0 Å². The Balaban J connectivity index is 1.96. The van der Waals surface area contributed by atoms with Crippen molar-refractivity contribution in [3.05, 3.63) is 40.4 Å². The van der Waals surface area contributed by atoms with Crippen molar-refractivity contribution in [2.45, 2.75) is 0 Å². The van der Waals surface area contributed by atoms with Gasteiger partial charge in [0.05, 0.1) is 8.66 Å². The molecule has 0 atom stereocenters. The fourth-order valence-electron chi connectivity index (χ4n) is 2.42. The number of fused-ring (bicyclic) bond motifs is 1. The minimum Gasteiger partial charge on any atom is -0.352 e. The maximum Gasteiger partial charge on any atom is 0.223 e. The largest absolute Gasteiger partial charge is 0.352 e. The quantitative estimate of drug-likeness (QED) is 0.734. The van der Waals surface area contributed by atoms with Gasteiger partial charge < -0.3 is 10.7 Å². The summed E-state index contributed by atoms with van der Waals surface area (Å²) < 4.78 is 3.13. The third kappa shape index (κ3) is 2.22. The van der Waals surface area contributed by atoms with Crippen molar-refractivity contribution in [1.29, 1.82) is 0 Å². The Morgan fingerprint density at radius 3 is 2.76 bits per heavy atom. The van der Waals surface area contributed by atoms with Crippen molar-refractivity contribution in [3.63, 3.8) is 0 Å².